The van der Waals surface area contributed by atoms with E-state index in [1.54, 1.807) is 6.07 Å². The van der Waals surface area contributed by atoms with E-state index in [2.05, 4.69) is 16.1 Å². The van der Waals surface area contributed by atoms with Crippen molar-refractivity contribution in [2.24, 2.45) is 0 Å². The van der Waals surface area contributed by atoms with Gasteiger partial charge in [0.2, 0.25) is 0 Å². The average Bonchev–Trinajstić information content (AvgIpc) is 2.79. The van der Waals surface area contributed by atoms with Gasteiger partial charge in [0, 0.05) is 5.56 Å². The minimum absolute atomic E-state index is 0.0632. The number of nitrogens with one attached hydrogen (secondary N) is 1. The van der Waals surface area contributed by atoms with Gasteiger partial charge in [-0.05, 0) is 12.1 Å². The van der Waals surface area contributed by atoms with Gasteiger partial charge in [0.15, 0.2) is 5.69 Å². The molecule has 2 aromatic rings. The Balaban J connectivity index is 2.70. The maximum Gasteiger partial charge on any atom is 0.416 e. The number of halogens is 5. The third-order valence-corrected chi connectivity index (χ3v) is 3.23. The molecule has 3 nitrogen and oxygen atoms in total. The van der Waals surface area contributed by atoms with Crippen LogP contribution in [0, 0.1) is 23.7 Å². The van der Waals surface area contributed by atoms with Crippen LogP contribution >= 0.6 is 23.2 Å². The summed E-state index contributed by atoms with van der Waals surface area (Å²) in [5.41, 5.74) is -0.782. The largest absolute Gasteiger partial charge is 0.416 e. The Labute approximate surface area is 127 Å². The van der Waals surface area contributed by atoms with Crippen molar-refractivity contribution in [2.45, 2.75) is 6.18 Å². The van der Waals surface area contributed by atoms with Gasteiger partial charge in [0.1, 0.15) is 6.07 Å². The molecule has 0 spiro atoms. The zero-order valence-corrected chi connectivity index (χ0v) is 11.5. The first-order chi connectivity index (χ1) is 9.79. The van der Waals surface area contributed by atoms with Crippen molar-refractivity contribution < 1.29 is 13.2 Å². The number of nitrogens with zero attached hydrogens (tertiary/aromatic N) is 2. The van der Waals surface area contributed by atoms with Gasteiger partial charge >= 0.3 is 6.18 Å². The first kappa shape index (κ1) is 15.2. The maximum atomic E-state index is 12.7. The van der Waals surface area contributed by atoms with E-state index in [1.807, 2.05) is 0 Å². The third kappa shape index (κ3) is 2.69. The summed E-state index contributed by atoms with van der Waals surface area (Å²) in [6, 6.07) is 3.22. The van der Waals surface area contributed by atoms with E-state index in [4.69, 9.17) is 34.9 Å². The van der Waals surface area contributed by atoms with Gasteiger partial charge < -0.3 is 0 Å². The van der Waals surface area contributed by atoms with E-state index in [1.165, 1.54) is 0 Å². The number of hydrogen-bond donors (Lipinski definition) is 1. The smallest absolute Gasteiger partial charge is 0.275 e. The number of nitriles is 1. The van der Waals surface area contributed by atoms with E-state index in [-0.39, 0.29) is 32.6 Å². The SMILES string of the molecule is C#Cc1c(C#N)n[nH]c1-c1c(Cl)cc(C(F)(F)F)cc1Cl. The zero-order valence-electron chi connectivity index (χ0n) is 10.0. The summed E-state index contributed by atoms with van der Waals surface area (Å²) in [5, 5.41) is 14.5. The van der Waals surface area contributed by atoms with E-state index < -0.39 is 11.7 Å². The Kier molecular flexibility index (Phi) is 3.87. The molecule has 0 aliphatic rings. The highest BCUT2D eigenvalue weighted by molar-refractivity contribution is 6.39. The number of alkyl halides is 3. The second kappa shape index (κ2) is 5.33. The van der Waals surface area contributed by atoms with Crippen molar-refractivity contribution in [3.05, 3.63) is 39.0 Å². The topological polar surface area (TPSA) is 52.5 Å². The van der Waals surface area contributed by atoms with E-state index in [0.29, 0.717) is 0 Å². The van der Waals surface area contributed by atoms with Crippen molar-refractivity contribution in [2.75, 3.05) is 0 Å². The van der Waals surface area contributed by atoms with Gasteiger partial charge in [-0.25, -0.2) is 0 Å². The Morgan fingerprint density at radius 1 is 1.24 bits per heavy atom. The average molecular weight is 330 g/mol. The fourth-order valence-electron chi connectivity index (χ4n) is 1.72. The molecule has 0 bridgehead atoms. The predicted octanol–water partition coefficient (Wildman–Crippen LogP) is 4.26. The number of aromatic amines is 1. The molecule has 0 unspecified atom stereocenters. The molecule has 1 N–H and O–H groups in total. The van der Waals surface area contributed by atoms with Crippen LogP contribution in [0.2, 0.25) is 10.0 Å². The summed E-state index contributed by atoms with van der Waals surface area (Å²) in [5.74, 6) is 2.24. The molecular weight excluding hydrogens is 326 g/mol. The Hall–Kier alpha value is -2.15. The van der Waals surface area contributed by atoms with E-state index >= 15 is 0 Å². The maximum absolute atomic E-state index is 12.7. The quantitative estimate of drug-likeness (QED) is 0.795. The molecule has 0 saturated carbocycles. The molecule has 0 radical (unpaired) electrons. The molecular formula is C13H4Cl2F3N3. The van der Waals surface area contributed by atoms with Crippen molar-refractivity contribution in [1.82, 2.24) is 10.2 Å². The molecule has 2 rings (SSSR count). The number of aromatic nitrogens is 2. The lowest BCUT2D eigenvalue weighted by Gasteiger charge is -2.11. The normalized spacial score (nSPS) is 11.0. The molecule has 0 atom stereocenters. The molecule has 0 amide bonds. The summed E-state index contributed by atoms with van der Waals surface area (Å²) in [7, 11) is 0. The molecule has 21 heavy (non-hydrogen) atoms. The molecule has 8 heteroatoms. The van der Waals surface area contributed by atoms with Gasteiger partial charge in [-0.15, -0.1) is 6.42 Å². The number of hydrogen-bond acceptors (Lipinski definition) is 2. The highest BCUT2D eigenvalue weighted by atomic mass is 35.5. The summed E-state index contributed by atoms with van der Waals surface area (Å²) in [6.07, 6.45) is 0.704. The minimum Gasteiger partial charge on any atom is -0.275 e. The fraction of sp³-hybridized carbons (Fsp3) is 0.0769. The third-order valence-electron chi connectivity index (χ3n) is 2.64. The second-order valence-electron chi connectivity index (χ2n) is 3.89. The van der Waals surface area contributed by atoms with Crippen LogP contribution in [0.15, 0.2) is 12.1 Å². The summed E-state index contributed by atoms with van der Waals surface area (Å²) in [6.45, 7) is 0. The summed E-state index contributed by atoms with van der Waals surface area (Å²) >= 11 is 11.7. The number of rotatable bonds is 1. The molecule has 0 aliphatic carbocycles. The first-order valence-electron chi connectivity index (χ1n) is 5.31. The van der Waals surface area contributed by atoms with Crippen molar-refractivity contribution >= 4 is 23.2 Å². The van der Waals surface area contributed by atoms with Crippen molar-refractivity contribution in [3.63, 3.8) is 0 Å². The van der Waals surface area contributed by atoms with Gasteiger partial charge in [-0.2, -0.15) is 23.5 Å². The zero-order chi connectivity index (χ0) is 15.8. The van der Waals surface area contributed by atoms with Crippen molar-refractivity contribution in [3.8, 4) is 29.7 Å². The standard InChI is InChI=1S/C13H4Cl2F3N3/c1-2-7-10(5-19)20-21-12(7)11-8(14)3-6(4-9(11)15)13(16,17)18/h1,3-4H,(H,20,21). The molecule has 1 aromatic heterocycles. The molecule has 0 saturated heterocycles. The molecule has 1 aromatic carbocycles. The lowest BCUT2D eigenvalue weighted by atomic mass is 10.0. The van der Waals surface area contributed by atoms with Gasteiger partial charge in [0.25, 0.3) is 0 Å². The molecule has 0 aliphatic heterocycles. The van der Waals surface area contributed by atoms with Crippen LogP contribution in [0.5, 0.6) is 0 Å². The Morgan fingerprint density at radius 2 is 1.81 bits per heavy atom. The molecule has 0 fully saturated rings. The fourth-order valence-corrected chi connectivity index (χ4v) is 2.40. The molecule has 106 valence electrons. The van der Waals surface area contributed by atoms with Crippen LogP contribution in [0.3, 0.4) is 0 Å². The predicted molar refractivity (Wildman–Crippen MR) is 71.7 cm³/mol. The van der Waals surface area contributed by atoms with Crippen LogP contribution < -0.4 is 0 Å². The highest BCUT2D eigenvalue weighted by Gasteiger charge is 2.32. The van der Waals surface area contributed by atoms with Crippen LogP contribution in [-0.4, -0.2) is 10.2 Å². The van der Waals surface area contributed by atoms with Crippen LogP contribution in [0.1, 0.15) is 16.8 Å². The molecule has 1 heterocycles. The van der Waals surface area contributed by atoms with Gasteiger partial charge in [-0.1, -0.05) is 29.1 Å². The summed E-state index contributed by atoms with van der Waals surface area (Å²) < 4.78 is 38.0. The van der Waals surface area contributed by atoms with Gasteiger partial charge in [0.05, 0.1) is 26.9 Å². The van der Waals surface area contributed by atoms with E-state index in [0.717, 1.165) is 12.1 Å². The monoisotopic (exact) mass is 329 g/mol. The van der Waals surface area contributed by atoms with Gasteiger partial charge in [-0.3, -0.25) is 5.10 Å². The Bertz CT molecular complexity index is 771. The lowest BCUT2D eigenvalue weighted by Crippen LogP contribution is -2.05. The second-order valence-corrected chi connectivity index (χ2v) is 4.71. The van der Waals surface area contributed by atoms with Crippen molar-refractivity contribution in [1.29, 1.82) is 5.26 Å². The highest BCUT2D eigenvalue weighted by Crippen LogP contribution is 2.41. The first-order valence-corrected chi connectivity index (χ1v) is 6.07. The number of terminal acetylenes is 1. The summed E-state index contributed by atoms with van der Waals surface area (Å²) in [4.78, 5) is 0. The van der Waals surface area contributed by atoms with E-state index in [9.17, 15) is 13.2 Å². The van der Waals surface area contributed by atoms with Crippen LogP contribution in [-0.2, 0) is 6.18 Å². The Morgan fingerprint density at radius 3 is 2.24 bits per heavy atom. The minimum atomic E-state index is -4.58. The number of H-pyrrole nitrogens is 1. The lowest BCUT2D eigenvalue weighted by molar-refractivity contribution is -0.137. The van der Waals surface area contributed by atoms with Crippen LogP contribution in [0.25, 0.3) is 11.3 Å². The van der Waals surface area contributed by atoms with Crippen LogP contribution in [0.4, 0.5) is 13.2 Å². The number of benzene rings is 1.